The minimum atomic E-state index is -1.31. The predicted molar refractivity (Wildman–Crippen MR) is 61.3 cm³/mol. The lowest BCUT2D eigenvalue weighted by atomic mass is 10.1. The van der Waals surface area contributed by atoms with Gasteiger partial charge >= 0.3 is 11.9 Å². The highest BCUT2D eigenvalue weighted by Gasteiger charge is 2.23. The molecule has 0 aliphatic rings. The molecule has 0 aliphatic carbocycles. The van der Waals surface area contributed by atoms with Crippen LogP contribution in [0.15, 0.2) is 12.2 Å². The first-order valence-electron chi connectivity index (χ1n) is 5.70. The maximum absolute atomic E-state index is 10.5. The van der Waals surface area contributed by atoms with Crippen LogP contribution in [0.2, 0.25) is 0 Å². The van der Waals surface area contributed by atoms with E-state index in [4.69, 9.17) is 10.2 Å². The van der Waals surface area contributed by atoms with Crippen molar-refractivity contribution >= 4 is 11.9 Å². The average molecular weight is 228 g/mol. The summed E-state index contributed by atoms with van der Waals surface area (Å²) >= 11 is 0. The highest BCUT2D eigenvalue weighted by Crippen LogP contribution is 2.07. The van der Waals surface area contributed by atoms with E-state index in [1.165, 1.54) is 19.3 Å². The average Bonchev–Trinajstić information content (AvgIpc) is 2.21. The third-order valence-corrected chi connectivity index (χ3v) is 2.36. The molecule has 0 fully saturated rings. The van der Waals surface area contributed by atoms with E-state index in [2.05, 4.69) is 6.92 Å². The standard InChI is InChI=1S/C12H20O4/c1-2-3-4-5-6-7-8-9-10(11(13)14)12(15)16/h7-8,10H,2-6,9H2,1H3,(H,13,14)(H,15,16). The fraction of sp³-hybridized carbons (Fsp3) is 0.667. The molecule has 4 nitrogen and oxygen atoms in total. The van der Waals surface area contributed by atoms with Gasteiger partial charge in [0.05, 0.1) is 0 Å². The molecule has 2 N–H and O–H groups in total. The summed E-state index contributed by atoms with van der Waals surface area (Å²) in [5, 5.41) is 17.2. The molecule has 4 heteroatoms. The Morgan fingerprint density at radius 2 is 1.69 bits per heavy atom. The van der Waals surface area contributed by atoms with E-state index in [0.717, 1.165) is 12.8 Å². The molecule has 0 spiro atoms. The summed E-state index contributed by atoms with van der Waals surface area (Å²) in [4.78, 5) is 21.1. The van der Waals surface area contributed by atoms with Crippen molar-refractivity contribution in [2.24, 2.45) is 5.92 Å². The third kappa shape index (κ3) is 7.04. The molecule has 0 aromatic rings. The van der Waals surface area contributed by atoms with Crippen molar-refractivity contribution < 1.29 is 19.8 Å². The van der Waals surface area contributed by atoms with Gasteiger partial charge in [-0.1, -0.05) is 38.3 Å². The first-order chi connectivity index (χ1) is 7.59. The molecule has 0 saturated heterocycles. The summed E-state index contributed by atoms with van der Waals surface area (Å²) in [7, 11) is 0. The summed E-state index contributed by atoms with van der Waals surface area (Å²) in [5.41, 5.74) is 0. The van der Waals surface area contributed by atoms with Gasteiger partial charge < -0.3 is 10.2 Å². The highest BCUT2D eigenvalue weighted by molar-refractivity contribution is 5.92. The lowest BCUT2D eigenvalue weighted by molar-refractivity contribution is -0.154. The van der Waals surface area contributed by atoms with Crippen LogP contribution in [0, 0.1) is 5.92 Å². The Morgan fingerprint density at radius 3 is 2.19 bits per heavy atom. The van der Waals surface area contributed by atoms with Gasteiger partial charge in [0.2, 0.25) is 0 Å². The summed E-state index contributed by atoms with van der Waals surface area (Å²) in [5.74, 6) is -3.86. The lowest BCUT2D eigenvalue weighted by Crippen LogP contribution is -2.22. The maximum Gasteiger partial charge on any atom is 0.318 e. The molecule has 92 valence electrons. The summed E-state index contributed by atoms with van der Waals surface area (Å²) in [6, 6.07) is 0. The molecule has 0 amide bonds. The number of carboxylic acid groups (broad SMARTS) is 2. The molecular formula is C12H20O4. The van der Waals surface area contributed by atoms with Gasteiger partial charge in [-0.2, -0.15) is 0 Å². The van der Waals surface area contributed by atoms with Crippen LogP contribution in [-0.4, -0.2) is 22.2 Å². The number of allylic oxidation sites excluding steroid dienone is 2. The quantitative estimate of drug-likeness (QED) is 0.361. The number of carbonyl (C=O) groups is 2. The van der Waals surface area contributed by atoms with Crippen molar-refractivity contribution in [1.29, 1.82) is 0 Å². The van der Waals surface area contributed by atoms with E-state index in [0.29, 0.717) is 0 Å². The number of aliphatic carboxylic acids is 2. The largest absolute Gasteiger partial charge is 0.481 e. The minimum absolute atomic E-state index is 0.0679. The molecule has 0 unspecified atom stereocenters. The number of unbranched alkanes of at least 4 members (excludes halogenated alkanes) is 4. The van der Waals surface area contributed by atoms with Crippen molar-refractivity contribution in [2.75, 3.05) is 0 Å². The van der Waals surface area contributed by atoms with E-state index in [-0.39, 0.29) is 6.42 Å². The summed E-state index contributed by atoms with van der Waals surface area (Å²) in [6.07, 6.45) is 9.12. The second kappa shape index (κ2) is 8.95. The SMILES string of the molecule is CCCCCCC=CCC(C(=O)O)C(=O)O. The number of rotatable bonds is 9. The molecule has 0 atom stereocenters. The Labute approximate surface area is 96.0 Å². The molecule has 0 aromatic heterocycles. The van der Waals surface area contributed by atoms with Crippen LogP contribution in [0.5, 0.6) is 0 Å². The molecule has 0 radical (unpaired) electrons. The third-order valence-electron chi connectivity index (χ3n) is 2.36. The van der Waals surface area contributed by atoms with Gasteiger partial charge in [0.1, 0.15) is 0 Å². The van der Waals surface area contributed by atoms with Crippen LogP contribution < -0.4 is 0 Å². The van der Waals surface area contributed by atoms with Crippen molar-refractivity contribution in [3.05, 3.63) is 12.2 Å². The molecule has 16 heavy (non-hydrogen) atoms. The van der Waals surface area contributed by atoms with Gasteiger partial charge in [-0.25, -0.2) is 0 Å². The van der Waals surface area contributed by atoms with E-state index >= 15 is 0 Å². The van der Waals surface area contributed by atoms with Crippen LogP contribution in [0.4, 0.5) is 0 Å². The fourth-order valence-corrected chi connectivity index (χ4v) is 1.35. The van der Waals surface area contributed by atoms with Gasteiger partial charge in [-0.05, 0) is 19.3 Å². The van der Waals surface area contributed by atoms with Crippen LogP contribution >= 0.6 is 0 Å². The van der Waals surface area contributed by atoms with Crippen molar-refractivity contribution in [2.45, 2.75) is 45.4 Å². The molecule has 0 saturated carbocycles. The Morgan fingerprint density at radius 1 is 1.06 bits per heavy atom. The minimum Gasteiger partial charge on any atom is -0.481 e. The van der Waals surface area contributed by atoms with E-state index in [9.17, 15) is 9.59 Å². The zero-order valence-electron chi connectivity index (χ0n) is 9.69. The molecule has 0 bridgehead atoms. The fourth-order valence-electron chi connectivity index (χ4n) is 1.35. The molecule has 0 aliphatic heterocycles. The number of hydrogen-bond donors (Lipinski definition) is 2. The van der Waals surface area contributed by atoms with Gasteiger partial charge in [0.15, 0.2) is 5.92 Å². The molecule has 0 heterocycles. The molecular weight excluding hydrogens is 208 g/mol. The maximum atomic E-state index is 10.5. The highest BCUT2D eigenvalue weighted by atomic mass is 16.4. The van der Waals surface area contributed by atoms with Crippen molar-refractivity contribution in [3.8, 4) is 0 Å². The van der Waals surface area contributed by atoms with Gasteiger partial charge in [0, 0.05) is 0 Å². The Kier molecular flexibility index (Phi) is 8.21. The second-order valence-corrected chi connectivity index (χ2v) is 3.79. The van der Waals surface area contributed by atoms with Gasteiger partial charge in [-0.15, -0.1) is 0 Å². The first kappa shape index (κ1) is 14.7. The molecule has 0 aromatic carbocycles. The summed E-state index contributed by atoms with van der Waals surface area (Å²) < 4.78 is 0. The zero-order chi connectivity index (χ0) is 12.4. The van der Waals surface area contributed by atoms with Crippen LogP contribution in [0.3, 0.4) is 0 Å². The zero-order valence-corrected chi connectivity index (χ0v) is 9.69. The van der Waals surface area contributed by atoms with Crippen LogP contribution in [-0.2, 0) is 9.59 Å². The summed E-state index contributed by atoms with van der Waals surface area (Å²) in [6.45, 7) is 2.14. The first-order valence-corrected chi connectivity index (χ1v) is 5.70. The van der Waals surface area contributed by atoms with E-state index in [1.54, 1.807) is 6.08 Å². The van der Waals surface area contributed by atoms with Gasteiger partial charge in [0.25, 0.3) is 0 Å². The van der Waals surface area contributed by atoms with Gasteiger partial charge in [-0.3, -0.25) is 9.59 Å². The number of hydrogen-bond acceptors (Lipinski definition) is 2. The smallest absolute Gasteiger partial charge is 0.318 e. The molecule has 0 rings (SSSR count). The Hall–Kier alpha value is -1.32. The van der Waals surface area contributed by atoms with Crippen molar-refractivity contribution in [1.82, 2.24) is 0 Å². The normalized spacial score (nSPS) is 11.1. The monoisotopic (exact) mass is 228 g/mol. The Balaban J connectivity index is 3.71. The van der Waals surface area contributed by atoms with Crippen LogP contribution in [0.1, 0.15) is 45.4 Å². The lowest BCUT2D eigenvalue weighted by Gasteiger charge is -2.02. The van der Waals surface area contributed by atoms with E-state index < -0.39 is 17.9 Å². The topological polar surface area (TPSA) is 74.6 Å². The van der Waals surface area contributed by atoms with Crippen LogP contribution in [0.25, 0.3) is 0 Å². The van der Waals surface area contributed by atoms with Crippen molar-refractivity contribution in [3.63, 3.8) is 0 Å². The van der Waals surface area contributed by atoms with E-state index in [1.807, 2.05) is 6.08 Å². The second-order valence-electron chi connectivity index (χ2n) is 3.79. The predicted octanol–water partition coefficient (Wildman–Crippen LogP) is 2.69. The Bertz CT molecular complexity index is 231. The number of carboxylic acids is 2.